The van der Waals surface area contributed by atoms with E-state index in [-0.39, 0.29) is 0 Å². The highest BCUT2D eigenvalue weighted by Gasteiger charge is 2.31. The van der Waals surface area contributed by atoms with Crippen LogP contribution in [0.5, 0.6) is 0 Å². The van der Waals surface area contributed by atoms with Crippen LogP contribution in [0.3, 0.4) is 0 Å². The van der Waals surface area contributed by atoms with E-state index in [4.69, 9.17) is 4.74 Å². The Morgan fingerprint density at radius 3 is 2.62 bits per heavy atom. The topological polar surface area (TPSA) is 12.5 Å². The molecule has 1 nitrogen and oxygen atoms in total. The largest absolute Gasteiger partial charge is 0.368 e. The quantitative estimate of drug-likeness (QED) is 0.559. The molecule has 2 aromatic rings. The second-order valence-electron chi connectivity index (χ2n) is 4.54. The summed E-state index contributed by atoms with van der Waals surface area (Å²) in [7, 11) is 0. The molecule has 1 atom stereocenters. The molecular weight excluding hydrogens is 196 g/mol. The summed E-state index contributed by atoms with van der Waals surface area (Å²) in [6, 6.07) is 15.3. The normalized spacial score (nSPS) is 20.4. The molecule has 4 rings (SSSR count). The van der Waals surface area contributed by atoms with Crippen molar-refractivity contribution in [1.29, 1.82) is 0 Å². The lowest BCUT2D eigenvalue weighted by atomic mass is 9.98. The molecule has 1 saturated heterocycles. The first-order chi connectivity index (χ1) is 7.93. The summed E-state index contributed by atoms with van der Waals surface area (Å²) in [5, 5.41) is 0. The van der Waals surface area contributed by atoms with Crippen molar-refractivity contribution in [3.05, 3.63) is 59.2 Å². The van der Waals surface area contributed by atoms with Gasteiger partial charge >= 0.3 is 0 Å². The molecule has 0 bridgehead atoms. The number of epoxide rings is 1. The standard InChI is InChI=1S/C15H12O/c1-2-6-12-10(4-1)8-11-5-3-7-13(15(11)12)14-9-16-14/h1-7,14H,8-9H2/t14-/m1/s1. The highest BCUT2D eigenvalue weighted by molar-refractivity contribution is 5.80. The summed E-state index contributed by atoms with van der Waals surface area (Å²) < 4.78 is 5.43. The zero-order valence-corrected chi connectivity index (χ0v) is 8.94. The summed E-state index contributed by atoms with van der Waals surface area (Å²) >= 11 is 0. The van der Waals surface area contributed by atoms with Gasteiger partial charge in [0, 0.05) is 0 Å². The van der Waals surface area contributed by atoms with E-state index in [1.54, 1.807) is 0 Å². The first-order valence-corrected chi connectivity index (χ1v) is 5.75. The second-order valence-corrected chi connectivity index (χ2v) is 4.54. The van der Waals surface area contributed by atoms with Crippen molar-refractivity contribution >= 4 is 0 Å². The summed E-state index contributed by atoms with van der Waals surface area (Å²) in [6.07, 6.45) is 1.42. The number of rotatable bonds is 1. The van der Waals surface area contributed by atoms with Crippen LogP contribution in [-0.4, -0.2) is 6.61 Å². The van der Waals surface area contributed by atoms with Gasteiger partial charge in [-0.15, -0.1) is 0 Å². The highest BCUT2D eigenvalue weighted by Crippen LogP contribution is 2.44. The third-order valence-corrected chi connectivity index (χ3v) is 3.53. The van der Waals surface area contributed by atoms with Crippen molar-refractivity contribution < 1.29 is 4.74 Å². The molecule has 0 saturated carbocycles. The number of ether oxygens (including phenoxy) is 1. The molecule has 1 aliphatic carbocycles. The average molecular weight is 208 g/mol. The van der Waals surface area contributed by atoms with Crippen LogP contribution in [0.15, 0.2) is 42.5 Å². The smallest absolute Gasteiger partial charge is 0.107 e. The summed E-state index contributed by atoms with van der Waals surface area (Å²) in [4.78, 5) is 0. The first kappa shape index (κ1) is 8.54. The second kappa shape index (κ2) is 2.96. The minimum absolute atomic E-state index is 0.348. The minimum Gasteiger partial charge on any atom is -0.368 e. The molecule has 16 heavy (non-hydrogen) atoms. The molecule has 0 N–H and O–H groups in total. The molecule has 2 aromatic carbocycles. The minimum atomic E-state index is 0.348. The van der Waals surface area contributed by atoms with Gasteiger partial charge in [-0.1, -0.05) is 42.5 Å². The van der Waals surface area contributed by atoms with Gasteiger partial charge < -0.3 is 4.74 Å². The number of fused-ring (bicyclic) bond motifs is 3. The van der Waals surface area contributed by atoms with Gasteiger partial charge in [-0.05, 0) is 34.2 Å². The monoisotopic (exact) mass is 208 g/mol. The lowest BCUT2D eigenvalue weighted by Gasteiger charge is -2.06. The Morgan fingerprint density at radius 2 is 1.75 bits per heavy atom. The lowest BCUT2D eigenvalue weighted by molar-refractivity contribution is 0.416. The van der Waals surface area contributed by atoms with Crippen LogP contribution >= 0.6 is 0 Å². The van der Waals surface area contributed by atoms with Gasteiger partial charge in [0.05, 0.1) is 6.61 Å². The zero-order chi connectivity index (χ0) is 10.5. The average Bonchev–Trinajstić information content (AvgIpc) is 3.09. The molecule has 0 radical (unpaired) electrons. The van der Waals surface area contributed by atoms with Crippen LogP contribution in [0.1, 0.15) is 22.8 Å². The Morgan fingerprint density at radius 1 is 0.938 bits per heavy atom. The van der Waals surface area contributed by atoms with E-state index < -0.39 is 0 Å². The number of hydrogen-bond acceptors (Lipinski definition) is 1. The van der Waals surface area contributed by atoms with Crippen LogP contribution < -0.4 is 0 Å². The highest BCUT2D eigenvalue weighted by atomic mass is 16.6. The zero-order valence-electron chi connectivity index (χ0n) is 8.94. The summed E-state index contributed by atoms with van der Waals surface area (Å²) in [6.45, 7) is 0.888. The predicted molar refractivity (Wildman–Crippen MR) is 63.4 cm³/mol. The molecule has 1 heterocycles. The Balaban J connectivity index is 2.01. The number of benzene rings is 2. The maximum atomic E-state index is 5.43. The van der Waals surface area contributed by atoms with Gasteiger partial charge in [0.2, 0.25) is 0 Å². The summed E-state index contributed by atoms with van der Waals surface area (Å²) in [5.74, 6) is 0. The summed E-state index contributed by atoms with van der Waals surface area (Å²) in [5.41, 5.74) is 7.12. The Hall–Kier alpha value is -1.60. The van der Waals surface area contributed by atoms with E-state index in [1.165, 1.54) is 27.8 Å². The molecule has 2 aliphatic rings. The molecule has 0 unspecified atom stereocenters. The van der Waals surface area contributed by atoms with Crippen molar-refractivity contribution in [3.63, 3.8) is 0 Å². The fraction of sp³-hybridized carbons (Fsp3) is 0.200. The van der Waals surface area contributed by atoms with Gasteiger partial charge in [0.15, 0.2) is 0 Å². The van der Waals surface area contributed by atoms with E-state index >= 15 is 0 Å². The third kappa shape index (κ3) is 1.09. The Kier molecular flexibility index (Phi) is 1.58. The van der Waals surface area contributed by atoms with Gasteiger partial charge in [-0.25, -0.2) is 0 Å². The van der Waals surface area contributed by atoms with Crippen molar-refractivity contribution in [2.45, 2.75) is 12.5 Å². The van der Waals surface area contributed by atoms with Crippen LogP contribution in [0.4, 0.5) is 0 Å². The van der Waals surface area contributed by atoms with Gasteiger partial charge in [-0.2, -0.15) is 0 Å². The third-order valence-electron chi connectivity index (χ3n) is 3.53. The van der Waals surface area contributed by atoms with Crippen molar-refractivity contribution in [1.82, 2.24) is 0 Å². The van der Waals surface area contributed by atoms with Gasteiger partial charge in [0.1, 0.15) is 6.10 Å². The van der Waals surface area contributed by atoms with Crippen LogP contribution in [0, 0.1) is 0 Å². The lowest BCUT2D eigenvalue weighted by Crippen LogP contribution is -1.88. The van der Waals surface area contributed by atoms with Gasteiger partial charge in [-0.3, -0.25) is 0 Å². The van der Waals surface area contributed by atoms with Crippen molar-refractivity contribution in [2.24, 2.45) is 0 Å². The molecule has 1 aliphatic heterocycles. The fourth-order valence-electron chi connectivity index (χ4n) is 2.72. The maximum Gasteiger partial charge on any atom is 0.107 e. The Bertz CT molecular complexity index is 567. The predicted octanol–water partition coefficient (Wildman–Crippen LogP) is 3.33. The van der Waals surface area contributed by atoms with E-state index in [0.29, 0.717) is 6.10 Å². The van der Waals surface area contributed by atoms with E-state index in [0.717, 1.165) is 13.0 Å². The van der Waals surface area contributed by atoms with Crippen molar-refractivity contribution in [2.75, 3.05) is 6.61 Å². The molecule has 0 amide bonds. The molecule has 0 spiro atoms. The van der Waals surface area contributed by atoms with Crippen LogP contribution in [-0.2, 0) is 11.2 Å². The Labute approximate surface area is 94.7 Å². The van der Waals surface area contributed by atoms with Crippen LogP contribution in [0.2, 0.25) is 0 Å². The van der Waals surface area contributed by atoms with E-state index in [2.05, 4.69) is 42.5 Å². The molecule has 78 valence electrons. The van der Waals surface area contributed by atoms with Gasteiger partial charge in [0.25, 0.3) is 0 Å². The first-order valence-electron chi connectivity index (χ1n) is 5.75. The molecule has 1 fully saturated rings. The van der Waals surface area contributed by atoms with Crippen molar-refractivity contribution in [3.8, 4) is 11.1 Å². The fourth-order valence-corrected chi connectivity index (χ4v) is 2.72. The molecule has 0 aromatic heterocycles. The SMILES string of the molecule is c1ccc2c(c1)Cc1cccc([C@H]3CO3)c1-2. The van der Waals surface area contributed by atoms with E-state index in [9.17, 15) is 0 Å². The molecule has 1 heteroatoms. The maximum absolute atomic E-state index is 5.43. The number of hydrogen-bond donors (Lipinski definition) is 0. The van der Waals surface area contributed by atoms with Crippen LogP contribution in [0.25, 0.3) is 11.1 Å². The van der Waals surface area contributed by atoms with E-state index in [1.807, 2.05) is 0 Å². The molecular formula is C15H12O.